The van der Waals surface area contributed by atoms with Gasteiger partial charge in [-0.1, -0.05) is 200 Å². The Morgan fingerprint density at radius 2 is 0.750 bits per heavy atom. The first-order valence-electron chi connectivity index (χ1n) is 27.5. The Morgan fingerprint density at radius 3 is 1.14 bits per heavy atom. The number of rotatable bonds is 9. The minimum atomic E-state index is 0.385. The van der Waals surface area contributed by atoms with Gasteiger partial charge in [-0.3, -0.25) is 0 Å². The third-order valence-electron chi connectivity index (χ3n) is 16.6. The lowest BCUT2D eigenvalue weighted by atomic mass is 9.89. The molecular weight excluding hydrogens is 973 g/mol. The maximum Gasteiger partial charge on any atom is 0.104 e. The molecule has 0 fully saturated rings. The standard InChI is InChI=1S/C74H50N6/c1-3-5-23-47-42-43-48(49-34-22-35-60-52-25-7-6-24-50(52)51-26-8-9-33-59(51)70(49)60)44-69(47)77(4-2)74-72(79-65-38-18-12-29-55(65)56-30-13-19-39-66(56)79)61(45-75)71(78-63-36-16-10-27-53(63)54-28-11-17-37-64(54)78)62(46-76)73(74)80-67-40-20-14-31-57(67)58-32-15-21-41-68(58)80/h3,5-22,24-44H,4,23H2,1-2H3/b5-3-. The lowest BCUT2D eigenvalue weighted by Gasteiger charge is -2.34. The molecule has 0 aliphatic carbocycles. The second kappa shape index (κ2) is 18.5. The number of para-hydroxylation sites is 6. The second-order valence-corrected chi connectivity index (χ2v) is 20.7. The zero-order valence-electron chi connectivity index (χ0n) is 44.2. The third-order valence-corrected chi connectivity index (χ3v) is 16.6. The molecule has 0 aliphatic rings. The molecule has 12 aromatic carbocycles. The van der Waals surface area contributed by atoms with Crippen LogP contribution in [0.4, 0.5) is 11.4 Å². The summed E-state index contributed by atoms with van der Waals surface area (Å²) in [6.07, 6.45) is 4.99. The van der Waals surface area contributed by atoms with Crippen molar-refractivity contribution in [3.05, 3.63) is 259 Å². The molecule has 0 N–H and O–H groups in total. The van der Waals surface area contributed by atoms with Crippen molar-refractivity contribution in [2.75, 3.05) is 11.4 Å². The molecule has 3 heterocycles. The van der Waals surface area contributed by atoms with Crippen LogP contribution in [-0.4, -0.2) is 20.2 Å². The Morgan fingerprint density at radius 1 is 0.400 bits per heavy atom. The Hall–Kier alpha value is -10.7. The largest absolute Gasteiger partial charge is 0.338 e. The van der Waals surface area contributed by atoms with Gasteiger partial charge in [0.15, 0.2) is 0 Å². The van der Waals surface area contributed by atoms with Gasteiger partial charge < -0.3 is 18.6 Å². The minimum Gasteiger partial charge on any atom is -0.338 e. The minimum absolute atomic E-state index is 0.385. The first-order chi connectivity index (χ1) is 39.6. The van der Waals surface area contributed by atoms with E-state index in [-0.39, 0.29) is 0 Å². The third kappa shape index (κ3) is 6.70. The Labute approximate surface area is 462 Å². The fourth-order valence-electron chi connectivity index (χ4n) is 13.4. The zero-order chi connectivity index (χ0) is 53.6. The molecule has 15 rings (SSSR count). The van der Waals surface area contributed by atoms with Crippen molar-refractivity contribution >= 4 is 109 Å². The summed E-state index contributed by atoms with van der Waals surface area (Å²) < 4.78 is 6.81. The van der Waals surface area contributed by atoms with E-state index >= 15 is 0 Å². The van der Waals surface area contributed by atoms with Crippen LogP contribution in [0.2, 0.25) is 0 Å². The smallest absolute Gasteiger partial charge is 0.104 e. The highest BCUT2D eigenvalue weighted by Gasteiger charge is 2.35. The van der Waals surface area contributed by atoms with Gasteiger partial charge in [0.25, 0.3) is 0 Å². The van der Waals surface area contributed by atoms with Crippen LogP contribution in [0.15, 0.2) is 243 Å². The lowest BCUT2D eigenvalue weighted by molar-refractivity contribution is 0.970. The van der Waals surface area contributed by atoms with Gasteiger partial charge in [-0.15, -0.1) is 0 Å². The lowest BCUT2D eigenvalue weighted by Crippen LogP contribution is -2.24. The summed E-state index contributed by atoms with van der Waals surface area (Å²) in [5.41, 5.74) is 13.3. The monoisotopic (exact) mass is 1020 g/mol. The molecule has 6 heteroatoms. The van der Waals surface area contributed by atoms with Gasteiger partial charge in [0.1, 0.15) is 23.3 Å². The highest BCUT2D eigenvalue weighted by molar-refractivity contribution is 6.28. The summed E-state index contributed by atoms with van der Waals surface area (Å²) in [4.78, 5) is 2.41. The van der Waals surface area contributed by atoms with Crippen molar-refractivity contribution in [1.29, 1.82) is 10.5 Å². The molecule has 0 spiro atoms. The fourth-order valence-corrected chi connectivity index (χ4v) is 13.4. The SMILES string of the molecule is C/C=C\Cc1ccc(-c2cccc3c4ccccc4c4ccccc4c23)cc1N(CC)c1c(-n2c3ccccc3c3ccccc32)c(C#N)c(-n2c3ccccc3c3ccccc32)c(C#N)c1-n1c2ccccc2c2ccccc21. The number of hydrogen-bond acceptors (Lipinski definition) is 3. The van der Waals surface area contributed by atoms with E-state index in [2.05, 4.69) is 275 Å². The molecule has 0 atom stereocenters. The average Bonchev–Trinajstić information content (AvgIpc) is 4.05. The van der Waals surface area contributed by atoms with Crippen molar-refractivity contribution in [2.24, 2.45) is 0 Å². The summed E-state index contributed by atoms with van der Waals surface area (Å²) in [6.45, 7) is 4.76. The van der Waals surface area contributed by atoms with E-state index in [1.165, 1.54) is 32.3 Å². The van der Waals surface area contributed by atoms with E-state index in [9.17, 15) is 10.5 Å². The van der Waals surface area contributed by atoms with E-state index in [1.54, 1.807) is 0 Å². The predicted octanol–water partition coefficient (Wildman–Crippen LogP) is 19.1. The molecule has 0 saturated heterocycles. The van der Waals surface area contributed by atoms with Gasteiger partial charge in [0.2, 0.25) is 0 Å². The van der Waals surface area contributed by atoms with E-state index in [0.717, 1.165) is 93.5 Å². The van der Waals surface area contributed by atoms with Crippen LogP contribution < -0.4 is 4.90 Å². The Bertz CT molecular complexity index is 4850. The van der Waals surface area contributed by atoms with Crippen molar-refractivity contribution in [1.82, 2.24) is 13.7 Å². The predicted molar refractivity (Wildman–Crippen MR) is 334 cm³/mol. The van der Waals surface area contributed by atoms with E-state index < -0.39 is 0 Å². The number of anilines is 2. The quantitative estimate of drug-likeness (QED) is 0.107. The van der Waals surface area contributed by atoms with Crippen LogP contribution in [0.5, 0.6) is 0 Å². The molecule has 0 amide bonds. The maximum atomic E-state index is 12.5. The van der Waals surface area contributed by atoms with Crippen molar-refractivity contribution in [3.63, 3.8) is 0 Å². The number of nitrogens with zero attached hydrogens (tertiary/aromatic N) is 6. The average molecular weight is 1020 g/mol. The van der Waals surface area contributed by atoms with Crippen LogP contribution in [-0.2, 0) is 6.42 Å². The number of allylic oxidation sites excluding steroid dienone is 2. The number of nitriles is 2. The first-order valence-corrected chi connectivity index (χ1v) is 27.5. The van der Waals surface area contributed by atoms with Crippen LogP contribution in [0.1, 0.15) is 30.5 Å². The Kier molecular flexibility index (Phi) is 10.8. The summed E-state index contributed by atoms with van der Waals surface area (Å²) in [5.74, 6) is 0. The summed E-state index contributed by atoms with van der Waals surface area (Å²) in [7, 11) is 0. The molecule has 80 heavy (non-hydrogen) atoms. The van der Waals surface area contributed by atoms with Gasteiger partial charge in [-0.25, -0.2) is 0 Å². The number of benzene rings is 12. The highest BCUT2D eigenvalue weighted by Crippen LogP contribution is 2.51. The molecule has 15 aromatic rings. The fraction of sp³-hybridized carbons (Fsp3) is 0.0541. The number of aromatic nitrogens is 3. The number of hydrogen-bond donors (Lipinski definition) is 0. The van der Waals surface area contributed by atoms with Gasteiger partial charge >= 0.3 is 0 Å². The van der Waals surface area contributed by atoms with E-state index in [0.29, 0.717) is 41.2 Å². The van der Waals surface area contributed by atoms with Crippen molar-refractivity contribution in [2.45, 2.75) is 20.3 Å². The van der Waals surface area contributed by atoms with Crippen LogP contribution in [0.3, 0.4) is 0 Å². The molecule has 6 nitrogen and oxygen atoms in total. The molecule has 0 unspecified atom stereocenters. The topological polar surface area (TPSA) is 65.6 Å². The van der Waals surface area contributed by atoms with Gasteiger partial charge in [-0.2, -0.15) is 10.5 Å². The van der Waals surface area contributed by atoms with Gasteiger partial charge in [0.05, 0.1) is 55.8 Å². The normalized spacial score (nSPS) is 11.9. The molecule has 0 saturated carbocycles. The van der Waals surface area contributed by atoms with Crippen molar-refractivity contribution < 1.29 is 0 Å². The molecule has 0 bridgehead atoms. The molecule has 376 valence electrons. The first kappa shape index (κ1) is 46.6. The molecular formula is C74H50N6. The van der Waals surface area contributed by atoms with Crippen LogP contribution in [0, 0.1) is 22.7 Å². The van der Waals surface area contributed by atoms with E-state index in [1.807, 2.05) is 12.1 Å². The summed E-state index contributed by atoms with van der Waals surface area (Å²) >= 11 is 0. The summed E-state index contributed by atoms with van der Waals surface area (Å²) in [6, 6.07) is 87.8. The zero-order valence-corrected chi connectivity index (χ0v) is 44.2. The van der Waals surface area contributed by atoms with Gasteiger partial charge in [0, 0.05) is 44.5 Å². The highest BCUT2D eigenvalue weighted by atomic mass is 15.2. The molecule has 3 aromatic heterocycles. The number of fused-ring (bicyclic) bond motifs is 15. The summed E-state index contributed by atoms with van der Waals surface area (Å²) in [5, 5.41) is 38.6. The van der Waals surface area contributed by atoms with E-state index in [4.69, 9.17) is 0 Å². The van der Waals surface area contributed by atoms with Crippen molar-refractivity contribution in [3.8, 4) is 40.3 Å². The maximum absolute atomic E-state index is 12.5. The Balaban J connectivity index is 1.17. The second-order valence-electron chi connectivity index (χ2n) is 20.7. The molecule has 0 aliphatic heterocycles. The van der Waals surface area contributed by atoms with Crippen LogP contribution >= 0.6 is 0 Å². The molecule has 0 radical (unpaired) electrons. The van der Waals surface area contributed by atoms with Crippen LogP contribution in [0.25, 0.3) is 126 Å². The van der Waals surface area contributed by atoms with Gasteiger partial charge in [-0.05, 0) is 112 Å².